The van der Waals surface area contributed by atoms with Crippen molar-refractivity contribution in [2.45, 2.75) is 76.6 Å². The SMILES string of the molecule is CC(C)(C)Cc1cc(-c2[c-]cccc2)nc[c]1[Ge]([CH3])([CH3])[CH3].CC(C)(C)c1ccc(C2C(c3[c-]ccc4c3oc3ccccc34)=Nc3ccccc32)cc1.[Ir]. The van der Waals surface area contributed by atoms with Gasteiger partial charge < -0.3 is 4.42 Å². The van der Waals surface area contributed by atoms with E-state index in [2.05, 4.69) is 156 Å². The Labute approximate surface area is 338 Å². The quantitative estimate of drug-likeness (QED) is 0.127. The fourth-order valence-corrected chi connectivity index (χ4v) is 10.7. The van der Waals surface area contributed by atoms with Crippen LogP contribution in [0.25, 0.3) is 33.2 Å². The van der Waals surface area contributed by atoms with Crippen LogP contribution >= 0.6 is 0 Å². The van der Waals surface area contributed by atoms with E-state index in [4.69, 9.17) is 14.4 Å². The fourth-order valence-electron chi connectivity index (χ4n) is 7.36. The van der Waals surface area contributed by atoms with Crippen molar-refractivity contribution >= 4 is 51.0 Å². The summed E-state index contributed by atoms with van der Waals surface area (Å²) in [6, 6.07) is 46.8. The summed E-state index contributed by atoms with van der Waals surface area (Å²) in [6.07, 6.45) is 3.24. The van der Waals surface area contributed by atoms with Gasteiger partial charge in [-0.1, -0.05) is 92.4 Å². The average molecular weight is 948 g/mol. The van der Waals surface area contributed by atoms with Crippen molar-refractivity contribution in [2.24, 2.45) is 10.4 Å². The molecule has 0 saturated heterocycles. The van der Waals surface area contributed by atoms with Crippen LogP contribution in [0.2, 0.25) is 17.3 Å². The molecular weight excluding hydrogens is 897 g/mol. The number of hydrogen-bond acceptors (Lipinski definition) is 3. The van der Waals surface area contributed by atoms with Crippen LogP contribution < -0.4 is 4.40 Å². The minimum absolute atomic E-state index is 0. The first kappa shape index (κ1) is 39.6. The van der Waals surface area contributed by atoms with Gasteiger partial charge in [0.05, 0.1) is 11.3 Å². The Morgan fingerprint density at radius 1 is 0.741 bits per heavy atom. The molecular formula is C49H50GeIrN2O-2. The Hall–Kier alpha value is -4.09. The molecule has 0 bridgehead atoms. The molecule has 7 aromatic rings. The van der Waals surface area contributed by atoms with E-state index in [9.17, 15) is 0 Å². The predicted octanol–water partition coefficient (Wildman–Crippen LogP) is 12.6. The summed E-state index contributed by atoms with van der Waals surface area (Å²) < 4.78 is 7.86. The third-order valence-corrected chi connectivity index (χ3v) is 14.3. The molecule has 0 amide bonds. The maximum absolute atomic E-state index is 6.33. The van der Waals surface area contributed by atoms with Gasteiger partial charge in [-0.25, -0.2) is 0 Å². The topological polar surface area (TPSA) is 38.4 Å². The van der Waals surface area contributed by atoms with Gasteiger partial charge in [0.25, 0.3) is 0 Å². The molecule has 2 aromatic heterocycles. The van der Waals surface area contributed by atoms with Crippen molar-refractivity contribution in [2.75, 3.05) is 0 Å². The van der Waals surface area contributed by atoms with Gasteiger partial charge in [0.1, 0.15) is 5.58 Å². The van der Waals surface area contributed by atoms with Gasteiger partial charge in [-0.2, -0.15) is 0 Å². The number of para-hydroxylation sites is 2. The van der Waals surface area contributed by atoms with Crippen LogP contribution in [0.3, 0.4) is 0 Å². The second-order valence-corrected chi connectivity index (χ2v) is 28.1. The summed E-state index contributed by atoms with van der Waals surface area (Å²) in [4.78, 5) is 9.82. The molecule has 1 radical (unpaired) electrons. The van der Waals surface area contributed by atoms with E-state index in [1.807, 2.05) is 36.4 Å². The molecule has 5 heteroatoms. The Kier molecular flexibility index (Phi) is 11.4. The Bertz CT molecular complexity index is 2420. The van der Waals surface area contributed by atoms with E-state index in [-0.39, 0.29) is 31.4 Å². The molecule has 0 spiro atoms. The van der Waals surface area contributed by atoms with Crippen molar-refractivity contribution in [3.05, 3.63) is 161 Å². The van der Waals surface area contributed by atoms with Gasteiger partial charge in [0, 0.05) is 31.4 Å². The summed E-state index contributed by atoms with van der Waals surface area (Å²) in [5.41, 5.74) is 12.5. The van der Waals surface area contributed by atoms with Gasteiger partial charge in [0.15, 0.2) is 0 Å². The third-order valence-electron chi connectivity index (χ3n) is 9.97. The molecule has 0 N–H and O–H groups in total. The first-order chi connectivity index (χ1) is 25.2. The molecule has 54 heavy (non-hydrogen) atoms. The van der Waals surface area contributed by atoms with E-state index in [0.29, 0.717) is 5.41 Å². The molecule has 277 valence electrons. The van der Waals surface area contributed by atoms with Crippen LogP contribution in [0, 0.1) is 17.5 Å². The first-order valence-electron chi connectivity index (χ1n) is 18.7. The van der Waals surface area contributed by atoms with Crippen LogP contribution in [0.15, 0.2) is 131 Å². The zero-order chi connectivity index (χ0) is 37.5. The van der Waals surface area contributed by atoms with Gasteiger partial charge in [0.2, 0.25) is 0 Å². The minimum Gasteiger partial charge on any atom is -0.501 e. The molecule has 0 aliphatic carbocycles. The molecule has 1 unspecified atom stereocenters. The van der Waals surface area contributed by atoms with Crippen LogP contribution in [0.1, 0.15) is 75.3 Å². The number of benzene rings is 5. The first-order valence-corrected chi connectivity index (χ1v) is 26.1. The Morgan fingerprint density at radius 3 is 2.13 bits per heavy atom. The summed E-state index contributed by atoms with van der Waals surface area (Å²) >= 11 is -1.90. The molecule has 0 saturated carbocycles. The number of pyridine rings is 1. The maximum Gasteiger partial charge on any atom is 0.120 e. The standard InChI is InChI=1S/C30H24NO.C19H26GeN.Ir/c1-30(2,3)20-17-15-19(16-18-20)27-23-10-4-6-13-25(23)31-28(27)24-12-8-11-22-21-9-5-7-14-26(21)32-29(22)24;1-19(2,3)13-16-12-18(15-10-8-7-9-11-15)21-14-17(16)20(4,5)6;/h4-11,13-18,27H,1-3H3;7-10,12,14H,13H2,1-6H3;/q2*-1;. The van der Waals surface area contributed by atoms with Crippen molar-refractivity contribution in [1.29, 1.82) is 0 Å². The number of furan rings is 1. The Morgan fingerprint density at radius 2 is 1.44 bits per heavy atom. The van der Waals surface area contributed by atoms with Gasteiger partial charge in [-0.3, -0.25) is 4.99 Å². The number of nitrogens with zero attached hydrogens (tertiary/aromatic N) is 2. The van der Waals surface area contributed by atoms with E-state index in [1.165, 1.54) is 26.6 Å². The molecule has 1 atom stereocenters. The summed E-state index contributed by atoms with van der Waals surface area (Å²) in [5.74, 6) is 7.38. The van der Waals surface area contributed by atoms with E-state index < -0.39 is 13.3 Å². The zero-order valence-electron chi connectivity index (χ0n) is 33.0. The van der Waals surface area contributed by atoms with Gasteiger partial charge in [-0.05, 0) is 39.9 Å². The zero-order valence-corrected chi connectivity index (χ0v) is 37.5. The fraction of sp³-hybridized carbons (Fsp3) is 0.265. The molecule has 1 aliphatic rings. The predicted molar refractivity (Wildman–Crippen MR) is 227 cm³/mol. The van der Waals surface area contributed by atoms with Crippen LogP contribution in [-0.2, 0) is 31.9 Å². The maximum atomic E-state index is 6.33. The second-order valence-electron chi connectivity index (χ2n) is 17.5. The van der Waals surface area contributed by atoms with Crippen molar-refractivity contribution in [3.63, 3.8) is 0 Å². The summed E-state index contributed by atoms with van der Waals surface area (Å²) in [7, 11) is 0. The van der Waals surface area contributed by atoms with Gasteiger partial charge >= 0.3 is 132 Å². The normalized spacial score (nSPS) is 14.2. The van der Waals surface area contributed by atoms with E-state index in [0.717, 1.165) is 56.6 Å². The number of aliphatic imine (C=N–C) groups is 1. The molecule has 5 aromatic carbocycles. The third kappa shape index (κ3) is 8.42. The average Bonchev–Trinajstić information content (AvgIpc) is 3.70. The number of aromatic nitrogens is 1. The molecule has 0 fully saturated rings. The number of hydrogen-bond donors (Lipinski definition) is 0. The van der Waals surface area contributed by atoms with Crippen LogP contribution in [0.5, 0.6) is 0 Å². The number of rotatable bonds is 5. The van der Waals surface area contributed by atoms with Crippen molar-refractivity contribution in [3.8, 4) is 11.3 Å². The molecule has 8 rings (SSSR count). The number of fused-ring (bicyclic) bond motifs is 4. The van der Waals surface area contributed by atoms with Gasteiger partial charge in [-0.15, -0.1) is 18.2 Å². The summed E-state index contributed by atoms with van der Waals surface area (Å²) in [6.45, 7) is 13.7. The van der Waals surface area contributed by atoms with Crippen LogP contribution in [-0.4, -0.2) is 24.0 Å². The molecule has 1 aliphatic heterocycles. The summed E-state index contributed by atoms with van der Waals surface area (Å²) in [5, 5.41) is 2.23. The van der Waals surface area contributed by atoms with Crippen molar-refractivity contribution < 1.29 is 24.5 Å². The van der Waals surface area contributed by atoms with E-state index >= 15 is 0 Å². The van der Waals surface area contributed by atoms with E-state index in [1.54, 1.807) is 0 Å². The monoisotopic (exact) mass is 949 g/mol. The largest absolute Gasteiger partial charge is 0.501 e. The molecule has 3 nitrogen and oxygen atoms in total. The minimum atomic E-state index is -1.90. The molecule has 3 heterocycles. The second kappa shape index (κ2) is 15.6. The smallest absolute Gasteiger partial charge is 0.120 e. The Balaban J connectivity index is 0.000000198. The van der Waals surface area contributed by atoms with Crippen molar-refractivity contribution in [1.82, 2.24) is 4.98 Å². The van der Waals surface area contributed by atoms with Crippen LogP contribution in [0.4, 0.5) is 5.69 Å².